The van der Waals surface area contributed by atoms with Crippen molar-refractivity contribution in [3.8, 4) is 0 Å². The predicted octanol–water partition coefficient (Wildman–Crippen LogP) is 2.10. The molecule has 0 N–H and O–H groups in total. The van der Waals surface area contributed by atoms with Gasteiger partial charge in [0.2, 0.25) is 0 Å². The number of fused-ring (bicyclic) bond motifs is 1. The molecule has 6 heteroatoms. The summed E-state index contributed by atoms with van der Waals surface area (Å²) in [4.78, 5) is 14.4. The van der Waals surface area contributed by atoms with Crippen LogP contribution in [0.4, 0.5) is 0 Å². The molecule has 6 nitrogen and oxygen atoms in total. The molecule has 22 heavy (non-hydrogen) atoms. The average Bonchev–Trinajstić information content (AvgIpc) is 3.10. The van der Waals surface area contributed by atoms with Gasteiger partial charge in [-0.3, -0.25) is 9.48 Å². The fraction of sp³-hybridized carbons (Fsp3) is 0.500. The van der Waals surface area contributed by atoms with Crippen LogP contribution in [0, 0.1) is 6.92 Å². The van der Waals surface area contributed by atoms with E-state index < -0.39 is 0 Å². The molecule has 3 rings (SSSR count). The maximum atomic E-state index is 12.6. The van der Waals surface area contributed by atoms with Gasteiger partial charge in [0.05, 0.1) is 18.5 Å². The summed E-state index contributed by atoms with van der Waals surface area (Å²) >= 11 is 0. The number of hydrogen-bond donors (Lipinski definition) is 0. The Balaban J connectivity index is 1.85. The van der Waals surface area contributed by atoms with Gasteiger partial charge >= 0.3 is 0 Å². The molecule has 1 aliphatic rings. The molecule has 0 radical (unpaired) electrons. The lowest BCUT2D eigenvalue weighted by Gasteiger charge is -2.32. The minimum absolute atomic E-state index is 0.0795. The topological polar surface area (TPSA) is 60.5 Å². The number of amides is 1. The Hall–Kier alpha value is -2.08. The molecule has 3 heterocycles. The first kappa shape index (κ1) is 14.8. The van der Waals surface area contributed by atoms with Crippen LogP contribution in [0.15, 0.2) is 22.7 Å². The first-order valence-electron chi connectivity index (χ1n) is 7.54. The number of aromatic nitrogens is 2. The van der Waals surface area contributed by atoms with Crippen molar-refractivity contribution >= 4 is 5.91 Å². The number of aryl methyl sites for hydroxylation is 2. The minimum Gasteiger partial charge on any atom is -0.456 e. The van der Waals surface area contributed by atoms with E-state index in [-0.39, 0.29) is 11.8 Å². The second kappa shape index (κ2) is 5.96. The minimum atomic E-state index is -0.0795. The standard InChI is InChI=1S/C16H21N3O3/c1-4-21-10-13-9-19(8-12-7-17-18(3)15(12)13)16(20)14-6-5-11(2)22-14/h5-7,13H,4,8-10H2,1-3H3. The van der Waals surface area contributed by atoms with Gasteiger partial charge < -0.3 is 14.1 Å². The third-order valence-corrected chi connectivity index (χ3v) is 4.01. The SMILES string of the molecule is CCOCC1CN(C(=O)c2ccc(C)o2)Cc2cnn(C)c21. The monoisotopic (exact) mass is 303 g/mol. The highest BCUT2D eigenvalue weighted by molar-refractivity contribution is 5.91. The molecule has 1 aliphatic heterocycles. The zero-order chi connectivity index (χ0) is 15.7. The largest absolute Gasteiger partial charge is 0.456 e. The van der Waals surface area contributed by atoms with Crippen molar-refractivity contribution in [1.29, 1.82) is 0 Å². The number of rotatable bonds is 4. The van der Waals surface area contributed by atoms with Crippen molar-refractivity contribution in [2.45, 2.75) is 26.3 Å². The van der Waals surface area contributed by atoms with E-state index in [4.69, 9.17) is 9.15 Å². The van der Waals surface area contributed by atoms with Gasteiger partial charge in [0, 0.05) is 38.2 Å². The molecule has 1 amide bonds. The Labute approximate surface area is 129 Å². The second-order valence-electron chi connectivity index (χ2n) is 5.63. The van der Waals surface area contributed by atoms with Gasteiger partial charge in [-0.25, -0.2) is 0 Å². The molecule has 0 saturated carbocycles. The van der Waals surface area contributed by atoms with E-state index >= 15 is 0 Å². The smallest absolute Gasteiger partial charge is 0.289 e. The Morgan fingerprint density at radius 3 is 3.00 bits per heavy atom. The third kappa shape index (κ3) is 2.66. The first-order chi connectivity index (χ1) is 10.6. The third-order valence-electron chi connectivity index (χ3n) is 4.01. The van der Waals surface area contributed by atoms with Gasteiger partial charge in [-0.2, -0.15) is 5.10 Å². The Kier molecular flexibility index (Phi) is 4.02. The van der Waals surface area contributed by atoms with Crippen molar-refractivity contribution in [3.63, 3.8) is 0 Å². The van der Waals surface area contributed by atoms with Crippen molar-refractivity contribution in [3.05, 3.63) is 41.1 Å². The van der Waals surface area contributed by atoms with Crippen LogP contribution in [-0.2, 0) is 18.3 Å². The van der Waals surface area contributed by atoms with Crippen molar-refractivity contribution < 1.29 is 13.9 Å². The number of carbonyl (C=O) groups is 1. The Bertz CT molecular complexity index is 674. The van der Waals surface area contributed by atoms with E-state index in [0.29, 0.717) is 32.1 Å². The van der Waals surface area contributed by atoms with E-state index in [2.05, 4.69) is 5.10 Å². The number of ether oxygens (including phenoxy) is 1. The summed E-state index contributed by atoms with van der Waals surface area (Å²) in [6.07, 6.45) is 1.83. The maximum Gasteiger partial charge on any atom is 0.289 e. The molecular formula is C16H21N3O3. The molecule has 0 bridgehead atoms. The van der Waals surface area contributed by atoms with Crippen molar-refractivity contribution in [2.24, 2.45) is 7.05 Å². The second-order valence-corrected chi connectivity index (χ2v) is 5.63. The van der Waals surface area contributed by atoms with E-state index in [9.17, 15) is 4.79 Å². The lowest BCUT2D eigenvalue weighted by molar-refractivity contribution is 0.0617. The summed E-state index contributed by atoms with van der Waals surface area (Å²) in [7, 11) is 1.94. The quantitative estimate of drug-likeness (QED) is 0.868. The number of nitrogens with zero attached hydrogens (tertiary/aromatic N) is 3. The van der Waals surface area contributed by atoms with E-state index in [1.807, 2.05) is 42.7 Å². The first-order valence-corrected chi connectivity index (χ1v) is 7.54. The van der Waals surface area contributed by atoms with Crippen molar-refractivity contribution in [2.75, 3.05) is 19.8 Å². The summed E-state index contributed by atoms with van der Waals surface area (Å²) in [5.74, 6) is 1.19. The van der Waals surface area contributed by atoms with E-state index in [1.165, 1.54) is 0 Å². The zero-order valence-corrected chi connectivity index (χ0v) is 13.2. The highest BCUT2D eigenvalue weighted by Gasteiger charge is 2.32. The van der Waals surface area contributed by atoms with Crippen LogP contribution in [0.1, 0.15) is 40.4 Å². The molecule has 118 valence electrons. The van der Waals surface area contributed by atoms with E-state index in [0.717, 1.165) is 17.0 Å². The molecule has 1 unspecified atom stereocenters. The summed E-state index contributed by atoms with van der Waals surface area (Å²) in [6.45, 7) is 6.24. The van der Waals surface area contributed by atoms with Gasteiger partial charge in [0.25, 0.3) is 5.91 Å². The molecule has 1 atom stereocenters. The lowest BCUT2D eigenvalue weighted by atomic mass is 9.96. The zero-order valence-electron chi connectivity index (χ0n) is 13.2. The van der Waals surface area contributed by atoms with Gasteiger partial charge in [0.1, 0.15) is 5.76 Å². The average molecular weight is 303 g/mol. The van der Waals surface area contributed by atoms with Crippen molar-refractivity contribution in [1.82, 2.24) is 14.7 Å². The van der Waals surface area contributed by atoms with Crippen LogP contribution >= 0.6 is 0 Å². The van der Waals surface area contributed by atoms with Crippen LogP contribution in [-0.4, -0.2) is 40.3 Å². The van der Waals surface area contributed by atoms with Gasteiger partial charge in [-0.05, 0) is 26.0 Å². The number of furan rings is 1. The van der Waals surface area contributed by atoms with Crippen LogP contribution < -0.4 is 0 Å². The molecule has 0 aromatic carbocycles. The highest BCUT2D eigenvalue weighted by Crippen LogP contribution is 2.29. The molecule has 0 spiro atoms. The lowest BCUT2D eigenvalue weighted by Crippen LogP contribution is -2.39. The molecule has 2 aromatic rings. The molecule has 2 aromatic heterocycles. The molecule has 0 saturated heterocycles. The van der Waals surface area contributed by atoms with Crippen LogP contribution in [0.5, 0.6) is 0 Å². The summed E-state index contributed by atoms with van der Waals surface area (Å²) in [6, 6.07) is 3.54. The molecule has 0 fully saturated rings. The highest BCUT2D eigenvalue weighted by atomic mass is 16.5. The maximum absolute atomic E-state index is 12.6. The summed E-state index contributed by atoms with van der Waals surface area (Å²) < 4.78 is 12.9. The van der Waals surface area contributed by atoms with Gasteiger partial charge in [-0.15, -0.1) is 0 Å². The van der Waals surface area contributed by atoms with E-state index in [1.54, 1.807) is 6.07 Å². The predicted molar refractivity (Wildman–Crippen MR) is 80.6 cm³/mol. The number of carbonyl (C=O) groups excluding carboxylic acids is 1. The molecule has 0 aliphatic carbocycles. The van der Waals surface area contributed by atoms with Crippen LogP contribution in [0.25, 0.3) is 0 Å². The Morgan fingerprint density at radius 1 is 1.50 bits per heavy atom. The normalized spacial score (nSPS) is 17.6. The van der Waals surface area contributed by atoms with Crippen LogP contribution in [0.2, 0.25) is 0 Å². The van der Waals surface area contributed by atoms with Gasteiger partial charge in [0.15, 0.2) is 5.76 Å². The summed E-state index contributed by atoms with van der Waals surface area (Å²) in [5.41, 5.74) is 2.24. The summed E-state index contributed by atoms with van der Waals surface area (Å²) in [5, 5.41) is 4.33. The van der Waals surface area contributed by atoms with Gasteiger partial charge in [-0.1, -0.05) is 0 Å². The molecular weight excluding hydrogens is 282 g/mol. The van der Waals surface area contributed by atoms with Crippen LogP contribution in [0.3, 0.4) is 0 Å². The number of hydrogen-bond acceptors (Lipinski definition) is 4. The Morgan fingerprint density at radius 2 is 2.32 bits per heavy atom. The fourth-order valence-electron chi connectivity index (χ4n) is 3.02. The fourth-order valence-corrected chi connectivity index (χ4v) is 3.02.